The topological polar surface area (TPSA) is 63.6 Å². The van der Waals surface area contributed by atoms with Crippen molar-refractivity contribution in [2.45, 2.75) is 6.92 Å². The van der Waals surface area contributed by atoms with Crippen molar-refractivity contribution >= 4 is 11.9 Å². The molecule has 0 radical (unpaired) electrons. The Hall–Kier alpha value is -1.84. The van der Waals surface area contributed by atoms with E-state index in [1.165, 1.54) is 6.08 Å². The van der Waals surface area contributed by atoms with Crippen molar-refractivity contribution in [3.05, 3.63) is 37.5 Å². The molecule has 0 rings (SSSR count). The predicted octanol–water partition coefficient (Wildman–Crippen LogP) is 1.55. The van der Waals surface area contributed by atoms with E-state index in [9.17, 15) is 9.59 Å². The van der Waals surface area contributed by atoms with Crippen molar-refractivity contribution in [2.75, 3.05) is 6.61 Å². The maximum Gasteiger partial charge on any atom is 0.333 e. The van der Waals surface area contributed by atoms with Gasteiger partial charge in [-0.15, -0.1) is 0 Å². The molecular formula is C10H14O4. The lowest BCUT2D eigenvalue weighted by atomic mass is 10.4. The molecule has 0 aromatic carbocycles. The molecule has 0 spiro atoms. The lowest BCUT2D eigenvalue weighted by Crippen LogP contribution is -2.03. The first-order chi connectivity index (χ1) is 6.45. The van der Waals surface area contributed by atoms with E-state index in [-0.39, 0.29) is 12.6 Å². The molecule has 4 heteroatoms. The van der Waals surface area contributed by atoms with Gasteiger partial charge >= 0.3 is 11.9 Å². The second kappa shape index (κ2) is 9.25. The van der Waals surface area contributed by atoms with Gasteiger partial charge in [0.2, 0.25) is 0 Å². The highest BCUT2D eigenvalue weighted by Gasteiger charge is 1.98. The van der Waals surface area contributed by atoms with Crippen molar-refractivity contribution in [1.82, 2.24) is 0 Å². The first-order valence-corrected chi connectivity index (χ1v) is 3.74. The molecule has 0 atom stereocenters. The highest BCUT2D eigenvalue weighted by molar-refractivity contribution is 5.86. The molecule has 0 saturated heterocycles. The van der Waals surface area contributed by atoms with Crippen molar-refractivity contribution < 1.29 is 19.4 Å². The van der Waals surface area contributed by atoms with Gasteiger partial charge in [-0.1, -0.05) is 25.8 Å². The largest absolute Gasteiger partial charge is 0.478 e. The Morgan fingerprint density at radius 1 is 1.43 bits per heavy atom. The van der Waals surface area contributed by atoms with Crippen LogP contribution in [0.2, 0.25) is 0 Å². The number of carbonyl (C=O) groups is 2. The molecular weight excluding hydrogens is 184 g/mol. The van der Waals surface area contributed by atoms with Gasteiger partial charge in [0, 0.05) is 11.6 Å². The zero-order chi connectivity index (χ0) is 11.6. The van der Waals surface area contributed by atoms with Crippen LogP contribution in [0.1, 0.15) is 6.92 Å². The molecule has 0 amide bonds. The number of carboxylic acid groups (broad SMARTS) is 1. The molecule has 0 saturated carbocycles. The summed E-state index contributed by atoms with van der Waals surface area (Å²) >= 11 is 0. The van der Waals surface area contributed by atoms with E-state index in [0.29, 0.717) is 5.57 Å². The van der Waals surface area contributed by atoms with Crippen LogP contribution in [-0.2, 0) is 14.3 Å². The van der Waals surface area contributed by atoms with Crippen LogP contribution in [0.15, 0.2) is 37.5 Å². The summed E-state index contributed by atoms with van der Waals surface area (Å²) in [6, 6.07) is 0. The first-order valence-electron chi connectivity index (χ1n) is 3.74. The summed E-state index contributed by atoms with van der Waals surface area (Å²) in [7, 11) is 0. The van der Waals surface area contributed by atoms with Gasteiger partial charge in [0.05, 0.1) is 0 Å². The summed E-state index contributed by atoms with van der Waals surface area (Å²) < 4.78 is 4.60. The highest BCUT2D eigenvalue weighted by atomic mass is 16.5. The number of carbonyl (C=O) groups excluding carboxylic acids is 1. The minimum absolute atomic E-state index is 0.256. The monoisotopic (exact) mass is 198 g/mol. The average Bonchev–Trinajstić information content (AvgIpc) is 2.14. The Balaban J connectivity index is 0. The van der Waals surface area contributed by atoms with Crippen molar-refractivity contribution in [2.24, 2.45) is 0 Å². The van der Waals surface area contributed by atoms with E-state index < -0.39 is 5.97 Å². The molecule has 0 aliphatic carbocycles. The van der Waals surface area contributed by atoms with Gasteiger partial charge in [0.25, 0.3) is 0 Å². The van der Waals surface area contributed by atoms with E-state index >= 15 is 0 Å². The van der Waals surface area contributed by atoms with Crippen LogP contribution in [-0.4, -0.2) is 23.7 Å². The minimum Gasteiger partial charge on any atom is -0.478 e. The quantitative estimate of drug-likeness (QED) is 0.423. The molecule has 4 nitrogen and oxygen atoms in total. The molecule has 0 unspecified atom stereocenters. The molecule has 0 heterocycles. The van der Waals surface area contributed by atoms with Gasteiger partial charge in [0.15, 0.2) is 0 Å². The maximum atomic E-state index is 10.5. The van der Waals surface area contributed by atoms with Crippen LogP contribution < -0.4 is 0 Å². The lowest BCUT2D eigenvalue weighted by molar-refractivity contribution is -0.137. The lowest BCUT2D eigenvalue weighted by Gasteiger charge is -1.97. The maximum absolute atomic E-state index is 10.5. The molecule has 14 heavy (non-hydrogen) atoms. The third-order valence-electron chi connectivity index (χ3n) is 0.855. The van der Waals surface area contributed by atoms with E-state index in [2.05, 4.69) is 24.5 Å². The minimum atomic E-state index is -0.981. The number of rotatable bonds is 4. The summed E-state index contributed by atoms with van der Waals surface area (Å²) in [6.07, 6.45) is 2.35. The van der Waals surface area contributed by atoms with Gasteiger partial charge in [-0.3, -0.25) is 0 Å². The standard InChI is InChI=1S/C7H10O2.C3H4O2/c1-4-5-9-7(8)6(2)3;1-2-3(4)5/h4H,1-2,5H2,3H3;2H,1H2,(H,4,5). The van der Waals surface area contributed by atoms with E-state index in [1.807, 2.05) is 0 Å². The number of aliphatic carboxylic acids is 1. The zero-order valence-corrected chi connectivity index (χ0v) is 8.16. The first kappa shape index (κ1) is 14.7. The summed E-state index contributed by atoms with van der Waals surface area (Å²) in [4.78, 5) is 19.8. The third-order valence-corrected chi connectivity index (χ3v) is 0.855. The normalized spacial score (nSPS) is 7.50. The molecule has 0 aromatic heterocycles. The number of ether oxygens (including phenoxy) is 1. The Labute approximate surface area is 83.2 Å². The zero-order valence-electron chi connectivity index (χ0n) is 8.16. The van der Waals surface area contributed by atoms with Crippen LogP contribution >= 0.6 is 0 Å². The van der Waals surface area contributed by atoms with E-state index in [0.717, 1.165) is 6.08 Å². The Kier molecular flexibility index (Phi) is 9.69. The van der Waals surface area contributed by atoms with E-state index in [4.69, 9.17) is 5.11 Å². The molecule has 0 aromatic rings. The molecule has 78 valence electrons. The Morgan fingerprint density at radius 2 is 1.86 bits per heavy atom. The number of hydrogen-bond acceptors (Lipinski definition) is 3. The van der Waals surface area contributed by atoms with E-state index in [1.54, 1.807) is 6.92 Å². The van der Waals surface area contributed by atoms with Crippen LogP contribution in [0.5, 0.6) is 0 Å². The van der Waals surface area contributed by atoms with Crippen molar-refractivity contribution in [3.8, 4) is 0 Å². The molecule has 1 N–H and O–H groups in total. The third kappa shape index (κ3) is 12.8. The van der Waals surface area contributed by atoms with Crippen LogP contribution in [0.3, 0.4) is 0 Å². The van der Waals surface area contributed by atoms with Gasteiger partial charge < -0.3 is 9.84 Å². The summed E-state index contributed by atoms with van der Waals surface area (Å²) in [6.45, 7) is 11.6. The predicted molar refractivity (Wildman–Crippen MR) is 53.8 cm³/mol. The summed E-state index contributed by atoms with van der Waals surface area (Å²) in [5.41, 5.74) is 0.414. The fourth-order valence-corrected chi connectivity index (χ4v) is 0.258. The SMILES string of the molecule is C=CC(=O)O.C=CCOC(=O)C(=C)C. The van der Waals surface area contributed by atoms with Gasteiger partial charge in [0.1, 0.15) is 6.61 Å². The smallest absolute Gasteiger partial charge is 0.333 e. The van der Waals surface area contributed by atoms with Crippen LogP contribution in [0.25, 0.3) is 0 Å². The Morgan fingerprint density at radius 3 is 2.07 bits per heavy atom. The second-order valence-electron chi connectivity index (χ2n) is 2.21. The molecule has 0 aliphatic rings. The number of carboxylic acids is 1. The van der Waals surface area contributed by atoms with Crippen LogP contribution in [0, 0.1) is 0 Å². The fraction of sp³-hybridized carbons (Fsp3) is 0.200. The summed E-state index contributed by atoms with van der Waals surface area (Å²) in [5.74, 6) is -1.35. The number of esters is 1. The Bertz CT molecular complexity index is 241. The molecule has 0 fully saturated rings. The van der Waals surface area contributed by atoms with Crippen molar-refractivity contribution in [1.29, 1.82) is 0 Å². The van der Waals surface area contributed by atoms with Crippen LogP contribution in [0.4, 0.5) is 0 Å². The average molecular weight is 198 g/mol. The van der Waals surface area contributed by atoms with Gasteiger partial charge in [-0.2, -0.15) is 0 Å². The van der Waals surface area contributed by atoms with Gasteiger partial charge in [-0.25, -0.2) is 9.59 Å². The number of hydrogen-bond donors (Lipinski definition) is 1. The molecule has 0 aliphatic heterocycles. The van der Waals surface area contributed by atoms with Crippen molar-refractivity contribution in [3.63, 3.8) is 0 Å². The summed E-state index contributed by atoms with van der Waals surface area (Å²) in [5, 5.41) is 7.60. The molecule has 0 bridgehead atoms. The fourth-order valence-electron chi connectivity index (χ4n) is 0.258. The second-order valence-corrected chi connectivity index (χ2v) is 2.21. The highest BCUT2D eigenvalue weighted by Crippen LogP contribution is 1.90. The van der Waals surface area contributed by atoms with Gasteiger partial charge in [-0.05, 0) is 6.92 Å².